The van der Waals surface area contributed by atoms with Gasteiger partial charge in [-0.05, 0) is 37.3 Å². The molecule has 1 amide bonds. The zero-order chi connectivity index (χ0) is 15.4. The fourth-order valence-electron chi connectivity index (χ4n) is 4.07. The molecule has 3 atom stereocenters. The summed E-state index contributed by atoms with van der Waals surface area (Å²) in [6, 6.07) is 9.30. The number of para-hydroxylation sites is 1. The van der Waals surface area contributed by atoms with Gasteiger partial charge in [0.25, 0.3) is 5.91 Å². The molecule has 2 fully saturated rings. The van der Waals surface area contributed by atoms with E-state index in [4.69, 9.17) is 5.26 Å². The highest BCUT2D eigenvalue weighted by Gasteiger charge is 2.34. The molecule has 1 heterocycles. The van der Waals surface area contributed by atoms with Crippen LogP contribution in [-0.2, 0) is 4.79 Å². The van der Waals surface area contributed by atoms with Gasteiger partial charge in [-0.3, -0.25) is 4.79 Å². The van der Waals surface area contributed by atoms with Crippen LogP contribution in [0.3, 0.4) is 0 Å². The minimum Gasteiger partial charge on any atom is -0.327 e. The van der Waals surface area contributed by atoms with Crippen molar-refractivity contribution in [1.29, 1.82) is 5.26 Å². The lowest BCUT2D eigenvalue weighted by Crippen LogP contribution is -3.15. The van der Waals surface area contributed by atoms with E-state index in [0.29, 0.717) is 17.8 Å². The molecule has 1 aromatic carbocycles. The average molecular weight is 298 g/mol. The summed E-state index contributed by atoms with van der Waals surface area (Å²) in [4.78, 5) is 13.7. The summed E-state index contributed by atoms with van der Waals surface area (Å²) in [6.07, 6.45) is 6.74. The number of piperidine rings is 1. The van der Waals surface area contributed by atoms with Gasteiger partial charge in [0.2, 0.25) is 0 Å². The topological polar surface area (TPSA) is 57.3 Å². The Morgan fingerprint density at radius 3 is 2.82 bits per heavy atom. The quantitative estimate of drug-likeness (QED) is 0.890. The predicted molar refractivity (Wildman–Crippen MR) is 85.4 cm³/mol. The number of nitrogens with one attached hydrogen (secondary N) is 2. The minimum atomic E-state index is 0.0203. The number of hydrogen-bond acceptors (Lipinski definition) is 2. The second kappa shape index (κ2) is 6.93. The maximum Gasteiger partial charge on any atom is 0.279 e. The van der Waals surface area contributed by atoms with Crippen LogP contribution in [0.25, 0.3) is 0 Å². The van der Waals surface area contributed by atoms with Gasteiger partial charge in [-0.15, -0.1) is 0 Å². The van der Waals surface area contributed by atoms with E-state index < -0.39 is 0 Å². The fourth-order valence-corrected chi connectivity index (χ4v) is 4.07. The zero-order valence-corrected chi connectivity index (χ0v) is 13.0. The van der Waals surface area contributed by atoms with E-state index in [0.717, 1.165) is 24.9 Å². The van der Waals surface area contributed by atoms with Gasteiger partial charge in [0.05, 0.1) is 24.3 Å². The number of hydrogen-bond donors (Lipinski definition) is 2. The largest absolute Gasteiger partial charge is 0.327 e. The van der Waals surface area contributed by atoms with E-state index >= 15 is 0 Å². The fraction of sp³-hybridized carbons (Fsp3) is 0.556. The first-order chi connectivity index (χ1) is 10.8. The van der Waals surface area contributed by atoms with Crippen LogP contribution in [0.1, 0.15) is 37.7 Å². The van der Waals surface area contributed by atoms with Gasteiger partial charge in [-0.2, -0.15) is 5.26 Å². The molecule has 2 aliphatic rings. The van der Waals surface area contributed by atoms with Crippen LogP contribution in [0.2, 0.25) is 0 Å². The van der Waals surface area contributed by atoms with Crippen molar-refractivity contribution in [2.75, 3.05) is 25.0 Å². The maximum atomic E-state index is 12.3. The lowest BCUT2D eigenvalue weighted by atomic mass is 9.75. The Morgan fingerprint density at radius 1 is 1.23 bits per heavy atom. The van der Waals surface area contributed by atoms with E-state index in [1.54, 1.807) is 12.1 Å². The van der Waals surface area contributed by atoms with Crippen LogP contribution < -0.4 is 10.2 Å². The van der Waals surface area contributed by atoms with Crippen molar-refractivity contribution in [3.05, 3.63) is 29.8 Å². The van der Waals surface area contributed by atoms with Crippen molar-refractivity contribution in [1.82, 2.24) is 0 Å². The molecule has 1 unspecified atom stereocenters. The smallest absolute Gasteiger partial charge is 0.279 e. The first-order valence-corrected chi connectivity index (χ1v) is 8.39. The number of anilines is 1. The second-order valence-corrected chi connectivity index (χ2v) is 6.68. The first-order valence-electron chi connectivity index (χ1n) is 8.39. The number of carbonyl (C=O) groups excluding carboxylic acids is 1. The molecule has 1 saturated heterocycles. The summed E-state index contributed by atoms with van der Waals surface area (Å²) >= 11 is 0. The molecule has 1 aliphatic heterocycles. The number of likely N-dealkylation sites (tertiary alicyclic amines) is 1. The minimum absolute atomic E-state index is 0.0203. The number of rotatable bonds is 3. The average Bonchev–Trinajstić information content (AvgIpc) is 2.55. The van der Waals surface area contributed by atoms with E-state index in [1.165, 1.54) is 37.0 Å². The van der Waals surface area contributed by atoms with E-state index in [9.17, 15) is 4.79 Å². The summed E-state index contributed by atoms with van der Waals surface area (Å²) < 4.78 is 0. The highest BCUT2D eigenvalue weighted by Crippen LogP contribution is 2.32. The Hall–Kier alpha value is -1.86. The molecule has 3 rings (SSSR count). The van der Waals surface area contributed by atoms with Gasteiger partial charge >= 0.3 is 0 Å². The molecule has 1 aliphatic carbocycles. The lowest BCUT2D eigenvalue weighted by molar-refractivity contribution is -0.902. The predicted octanol–water partition coefficient (Wildman–Crippen LogP) is 1.59. The molecular formula is C18H24N3O+. The number of quaternary nitrogens is 1. The molecule has 116 valence electrons. The van der Waals surface area contributed by atoms with Gasteiger partial charge in [-0.1, -0.05) is 25.0 Å². The number of benzene rings is 1. The van der Waals surface area contributed by atoms with E-state index in [1.807, 2.05) is 12.1 Å². The zero-order valence-electron chi connectivity index (χ0n) is 13.0. The van der Waals surface area contributed by atoms with Crippen LogP contribution in [-0.4, -0.2) is 25.5 Å². The van der Waals surface area contributed by atoms with Crippen LogP contribution in [0.15, 0.2) is 24.3 Å². The third-order valence-corrected chi connectivity index (χ3v) is 5.22. The summed E-state index contributed by atoms with van der Waals surface area (Å²) in [5.41, 5.74) is 1.15. The Kier molecular flexibility index (Phi) is 4.74. The number of nitrogens with zero attached hydrogens (tertiary/aromatic N) is 1. The van der Waals surface area contributed by atoms with Crippen molar-refractivity contribution >= 4 is 11.6 Å². The molecular weight excluding hydrogens is 274 g/mol. The molecule has 0 spiro atoms. The molecule has 22 heavy (non-hydrogen) atoms. The van der Waals surface area contributed by atoms with Crippen LogP contribution in [0.5, 0.6) is 0 Å². The molecule has 1 aromatic rings. The van der Waals surface area contributed by atoms with Gasteiger partial charge in [-0.25, -0.2) is 0 Å². The lowest BCUT2D eigenvalue weighted by Gasteiger charge is -2.38. The first kappa shape index (κ1) is 15.1. The maximum absolute atomic E-state index is 12.3. The van der Waals surface area contributed by atoms with Crippen LogP contribution in [0, 0.1) is 23.2 Å². The molecule has 1 saturated carbocycles. The Labute approximate surface area is 132 Å². The van der Waals surface area contributed by atoms with Crippen molar-refractivity contribution < 1.29 is 9.69 Å². The molecule has 0 bridgehead atoms. The molecule has 0 radical (unpaired) electrons. The summed E-state index contributed by atoms with van der Waals surface area (Å²) in [5, 5.41) is 12.0. The molecule has 4 nitrogen and oxygen atoms in total. The van der Waals surface area contributed by atoms with Crippen molar-refractivity contribution in [2.24, 2.45) is 11.8 Å². The number of fused-ring (bicyclic) bond motifs is 1. The van der Waals surface area contributed by atoms with Gasteiger partial charge < -0.3 is 10.2 Å². The van der Waals surface area contributed by atoms with Gasteiger partial charge in [0.15, 0.2) is 6.54 Å². The van der Waals surface area contributed by atoms with Crippen molar-refractivity contribution in [2.45, 2.75) is 32.1 Å². The second-order valence-electron chi connectivity index (χ2n) is 6.68. The van der Waals surface area contributed by atoms with E-state index in [-0.39, 0.29) is 5.91 Å². The summed E-state index contributed by atoms with van der Waals surface area (Å²) in [5.74, 6) is 1.74. The molecule has 4 heteroatoms. The summed E-state index contributed by atoms with van der Waals surface area (Å²) in [7, 11) is 0. The van der Waals surface area contributed by atoms with Crippen molar-refractivity contribution in [3.8, 4) is 6.07 Å². The highest BCUT2D eigenvalue weighted by molar-refractivity contribution is 5.92. The van der Waals surface area contributed by atoms with Gasteiger partial charge in [0.1, 0.15) is 6.07 Å². The number of amides is 1. The third kappa shape index (κ3) is 3.48. The van der Waals surface area contributed by atoms with E-state index in [2.05, 4.69) is 11.4 Å². The van der Waals surface area contributed by atoms with Crippen LogP contribution >= 0.6 is 0 Å². The number of carbonyl (C=O) groups is 1. The Bertz CT molecular complexity index is 578. The summed E-state index contributed by atoms with van der Waals surface area (Å²) in [6.45, 7) is 2.76. The van der Waals surface area contributed by atoms with Crippen LogP contribution in [0.4, 0.5) is 5.69 Å². The monoisotopic (exact) mass is 298 g/mol. The standard InChI is InChI=1S/C18H23N3O/c19-11-15-6-3-4-8-17(15)20-18(22)13-21-10-9-14-5-1-2-7-16(14)12-21/h3-4,6,8,14,16H,1-2,5,7,9-10,12-13H2,(H,20,22)/p+1/t14-,16+/m0/s1. The van der Waals surface area contributed by atoms with Crippen molar-refractivity contribution in [3.63, 3.8) is 0 Å². The SMILES string of the molecule is N#Cc1ccccc1NC(=O)C[NH+]1CC[C@@H]2CCCC[C@@H]2C1. The normalized spacial score (nSPS) is 27.5. The number of nitriles is 1. The Balaban J connectivity index is 1.55. The third-order valence-electron chi connectivity index (χ3n) is 5.22. The molecule has 0 aromatic heterocycles. The molecule has 2 N–H and O–H groups in total. The van der Waals surface area contributed by atoms with Gasteiger partial charge in [0, 0.05) is 5.92 Å². The highest BCUT2D eigenvalue weighted by atomic mass is 16.2. The Morgan fingerprint density at radius 2 is 2.00 bits per heavy atom.